The summed E-state index contributed by atoms with van der Waals surface area (Å²) in [5.41, 5.74) is 1.50. The molecule has 130 valence electrons. The molecule has 0 saturated carbocycles. The second kappa shape index (κ2) is 7.20. The fourth-order valence-electron chi connectivity index (χ4n) is 2.54. The Hall–Kier alpha value is -2.81. The Morgan fingerprint density at radius 3 is 2.73 bits per heavy atom. The highest BCUT2D eigenvalue weighted by molar-refractivity contribution is 6.43. The molecule has 2 heterocycles. The van der Waals surface area contributed by atoms with Gasteiger partial charge in [-0.1, -0.05) is 29.3 Å². The van der Waals surface area contributed by atoms with Crippen LogP contribution in [0.4, 0.5) is 0 Å². The second-order valence-electron chi connectivity index (χ2n) is 5.62. The van der Waals surface area contributed by atoms with E-state index in [-0.39, 0.29) is 5.56 Å². The highest BCUT2D eigenvalue weighted by Gasteiger charge is 2.11. The van der Waals surface area contributed by atoms with Gasteiger partial charge in [0.15, 0.2) is 0 Å². The summed E-state index contributed by atoms with van der Waals surface area (Å²) >= 11 is 12.2. The number of hydrogen-bond donors (Lipinski definition) is 0. The van der Waals surface area contributed by atoms with Gasteiger partial charge >= 0.3 is 0 Å². The number of pyridine rings is 1. The number of hydrogen-bond acceptors (Lipinski definition) is 4. The summed E-state index contributed by atoms with van der Waals surface area (Å²) < 4.78 is 6.88. The first-order chi connectivity index (χ1) is 12.4. The molecule has 3 rings (SSSR count). The Labute approximate surface area is 159 Å². The Balaban J connectivity index is 1.97. The molecule has 0 unspecified atom stereocenters. The smallest absolute Gasteiger partial charge is 0.289 e. The van der Waals surface area contributed by atoms with Crippen molar-refractivity contribution in [1.29, 1.82) is 5.26 Å². The van der Waals surface area contributed by atoms with Crippen LogP contribution >= 0.6 is 23.2 Å². The molecule has 26 heavy (non-hydrogen) atoms. The molecule has 2 aromatic heterocycles. The van der Waals surface area contributed by atoms with Gasteiger partial charge in [-0.05, 0) is 49.7 Å². The standard InChI is InChI=1S/C19H13Cl2N3O2/c1-11-8-12(2)24(19(25)15(11)9-22)23-10-13-6-7-17(26-13)14-4-3-5-16(20)18(14)21/h3-8,10H,1-2H3/b23-10-. The van der Waals surface area contributed by atoms with E-state index >= 15 is 0 Å². The van der Waals surface area contributed by atoms with E-state index in [0.29, 0.717) is 38.4 Å². The molecule has 0 fully saturated rings. The van der Waals surface area contributed by atoms with Gasteiger partial charge in [-0.25, -0.2) is 4.68 Å². The quantitative estimate of drug-likeness (QED) is 0.608. The lowest BCUT2D eigenvalue weighted by Crippen LogP contribution is -2.22. The van der Waals surface area contributed by atoms with Crippen molar-refractivity contribution in [3.8, 4) is 17.4 Å². The van der Waals surface area contributed by atoms with Crippen molar-refractivity contribution in [1.82, 2.24) is 4.68 Å². The zero-order valence-electron chi connectivity index (χ0n) is 14.0. The molecule has 0 aliphatic heterocycles. The molecule has 0 aliphatic rings. The van der Waals surface area contributed by atoms with Crippen molar-refractivity contribution in [2.24, 2.45) is 5.10 Å². The van der Waals surface area contributed by atoms with Gasteiger partial charge in [0.05, 0.1) is 16.3 Å². The molecular formula is C19H13Cl2N3O2. The van der Waals surface area contributed by atoms with E-state index in [1.165, 1.54) is 10.9 Å². The Kier molecular flexibility index (Phi) is 4.99. The summed E-state index contributed by atoms with van der Waals surface area (Å²) in [6, 6.07) is 12.3. The zero-order valence-corrected chi connectivity index (χ0v) is 15.5. The minimum Gasteiger partial charge on any atom is -0.455 e. The predicted molar refractivity (Wildman–Crippen MR) is 102 cm³/mol. The minimum absolute atomic E-state index is 0.0681. The third-order valence-corrected chi connectivity index (χ3v) is 4.64. The van der Waals surface area contributed by atoms with Crippen LogP contribution in [0.1, 0.15) is 22.6 Å². The Bertz CT molecular complexity index is 1120. The van der Waals surface area contributed by atoms with Gasteiger partial charge < -0.3 is 4.42 Å². The molecule has 3 aromatic rings. The summed E-state index contributed by atoms with van der Waals surface area (Å²) in [6.07, 6.45) is 1.41. The van der Waals surface area contributed by atoms with Crippen molar-refractivity contribution >= 4 is 29.4 Å². The van der Waals surface area contributed by atoms with Gasteiger partial charge in [0.2, 0.25) is 0 Å². The summed E-state index contributed by atoms with van der Waals surface area (Å²) in [5.74, 6) is 0.964. The van der Waals surface area contributed by atoms with E-state index in [4.69, 9.17) is 32.9 Å². The summed E-state index contributed by atoms with van der Waals surface area (Å²) in [6.45, 7) is 3.46. The zero-order chi connectivity index (χ0) is 18.8. The molecule has 0 N–H and O–H groups in total. The molecule has 1 aromatic carbocycles. The first-order valence-corrected chi connectivity index (χ1v) is 8.40. The average molecular weight is 386 g/mol. The Morgan fingerprint density at radius 2 is 2.00 bits per heavy atom. The number of furan rings is 1. The molecule has 0 amide bonds. The van der Waals surface area contributed by atoms with Crippen LogP contribution in [-0.4, -0.2) is 10.9 Å². The third kappa shape index (κ3) is 3.30. The summed E-state index contributed by atoms with van der Waals surface area (Å²) in [7, 11) is 0. The number of halogens is 2. The van der Waals surface area contributed by atoms with Crippen LogP contribution in [0.3, 0.4) is 0 Å². The van der Waals surface area contributed by atoms with Gasteiger partial charge in [-0.3, -0.25) is 4.79 Å². The highest BCUT2D eigenvalue weighted by Crippen LogP contribution is 2.34. The highest BCUT2D eigenvalue weighted by atomic mass is 35.5. The van der Waals surface area contributed by atoms with Crippen molar-refractivity contribution in [3.05, 3.63) is 79.4 Å². The lowest BCUT2D eigenvalue weighted by atomic mass is 10.1. The topological polar surface area (TPSA) is 71.3 Å². The van der Waals surface area contributed by atoms with Crippen LogP contribution < -0.4 is 5.56 Å². The lowest BCUT2D eigenvalue weighted by molar-refractivity contribution is 0.574. The molecular weight excluding hydrogens is 373 g/mol. The average Bonchev–Trinajstić information content (AvgIpc) is 3.06. The first-order valence-electron chi connectivity index (χ1n) is 7.64. The largest absolute Gasteiger partial charge is 0.455 e. The Morgan fingerprint density at radius 1 is 1.23 bits per heavy atom. The maximum atomic E-state index is 12.3. The number of aromatic nitrogens is 1. The molecule has 0 spiro atoms. The van der Waals surface area contributed by atoms with E-state index < -0.39 is 5.56 Å². The van der Waals surface area contributed by atoms with Gasteiger partial charge in [0.25, 0.3) is 5.56 Å². The van der Waals surface area contributed by atoms with Crippen molar-refractivity contribution in [2.75, 3.05) is 0 Å². The fourth-order valence-corrected chi connectivity index (χ4v) is 2.93. The number of nitriles is 1. The van der Waals surface area contributed by atoms with Gasteiger partial charge in [-0.2, -0.15) is 10.4 Å². The maximum Gasteiger partial charge on any atom is 0.289 e. The molecule has 0 saturated heterocycles. The number of aryl methyl sites for hydroxylation is 2. The fraction of sp³-hybridized carbons (Fsp3) is 0.105. The molecule has 5 nitrogen and oxygen atoms in total. The maximum absolute atomic E-state index is 12.3. The molecule has 0 aliphatic carbocycles. The van der Waals surface area contributed by atoms with E-state index in [9.17, 15) is 4.79 Å². The van der Waals surface area contributed by atoms with Crippen LogP contribution in [0.25, 0.3) is 11.3 Å². The van der Waals surface area contributed by atoms with Crippen LogP contribution in [0.15, 0.2) is 50.7 Å². The number of benzene rings is 1. The molecule has 0 radical (unpaired) electrons. The van der Waals surface area contributed by atoms with E-state index in [1.54, 1.807) is 50.2 Å². The minimum atomic E-state index is -0.467. The molecule has 0 atom stereocenters. The third-order valence-electron chi connectivity index (χ3n) is 3.82. The SMILES string of the molecule is Cc1cc(C)n(/N=C\c2ccc(-c3cccc(Cl)c3Cl)o2)c(=O)c1C#N. The monoisotopic (exact) mass is 385 g/mol. The normalized spacial score (nSPS) is 11.0. The van der Waals surface area contributed by atoms with Gasteiger partial charge in [-0.15, -0.1) is 0 Å². The van der Waals surface area contributed by atoms with Crippen LogP contribution in [0.5, 0.6) is 0 Å². The summed E-state index contributed by atoms with van der Waals surface area (Å²) in [5, 5.41) is 14.1. The van der Waals surface area contributed by atoms with Crippen LogP contribution in [0, 0.1) is 25.2 Å². The van der Waals surface area contributed by atoms with Crippen molar-refractivity contribution in [3.63, 3.8) is 0 Å². The van der Waals surface area contributed by atoms with E-state index in [1.807, 2.05) is 6.07 Å². The van der Waals surface area contributed by atoms with Gasteiger partial charge in [0.1, 0.15) is 23.2 Å². The van der Waals surface area contributed by atoms with Crippen molar-refractivity contribution < 1.29 is 4.42 Å². The van der Waals surface area contributed by atoms with E-state index in [0.717, 1.165) is 0 Å². The molecule has 0 bridgehead atoms. The number of nitrogens with zero attached hydrogens (tertiary/aromatic N) is 3. The second-order valence-corrected chi connectivity index (χ2v) is 6.41. The van der Waals surface area contributed by atoms with Crippen molar-refractivity contribution in [2.45, 2.75) is 13.8 Å². The summed E-state index contributed by atoms with van der Waals surface area (Å²) in [4.78, 5) is 12.3. The first kappa shape index (κ1) is 18.0. The van der Waals surface area contributed by atoms with Crippen LogP contribution in [-0.2, 0) is 0 Å². The van der Waals surface area contributed by atoms with Crippen LogP contribution in [0.2, 0.25) is 10.0 Å². The van der Waals surface area contributed by atoms with Gasteiger partial charge in [0, 0.05) is 11.3 Å². The number of rotatable bonds is 3. The van der Waals surface area contributed by atoms with E-state index in [2.05, 4.69) is 5.10 Å². The molecule has 7 heteroatoms. The predicted octanol–water partition coefficient (Wildman–Crippen LogP) is 4.79. The lowest BCUT2D eigenvalue weighted by Gasteiger charge is -2.05.